The summed E-state index contributed by atoms with van der Waals surface area (Å²) >= 11 is 11.7. The van der Waals surface area contributed by atoms with Gasteiger partial charge in [-0.05, 0) is 42.8 Å². The topological polar surface area (TPSA) is 38.3 Å². The van der Waals surface area contributed by atoms with Gasteiger partial charge in [0.15, 0.2) is 18.2 Å². The first-order valence-electron chi connectivity index (χ1n) is 6.69. The van der Waals surface area contributed by atoms with Crippen molar-refractivity contribution in [3.8, 4) is 5.75 Å². The zero-order valence-electron chi connectivity index (χ0n) is 12.1. The van der Waals surface area contributed by atoms with E-state index in [-0.39, 0.29) is 6.61 Å². The smallest absolute Gasteiger partial charge is 0.258 e. The Hall–Kier alpha value is -1.85. The fraction of sp³-hybridized carbons (Fsp3) is 0.188. The molecule has 0 saturated carbocycles. The van der Waals surface area contributed by atoms with Gasteiger partial charge in [0, 0.05) is 5.02 Å². The van der Waals surface area contributed by atoms with Gasteiger partial charge in [0.25, 0.3) is 5.91 Å². The van der Waals surface area contributed by atoms with E-state index in [0.717, 1.165) is 12.1 Å². The first-order chi connectivity index (χ1) is 10.9. The number of benzene rings is 2. The first-order valence-corrected chi connectivity index (χ1v) is 7.44. The maximum absolute atomic E-state index is 13.2. The molecule has 3 nitrogen and oxygen atoms in total. The second-order valence-electron chi connectivity index (χ2n) is 4.83. The monoisotopic (exact) mass is 359 g/mol. The van der Waals surface area contributed by atoms with E-state index in [4.69, 9.17) is 27.9 Å². The Morgan fingerprint density at radius 2 is 1.91 bits per heavy atom. The van der Waals surface area contributed by atoms with Crippen LogP contribution in [-0.4, -0.2) is 12.5 Å². The lowest BCUT2D eigenvalue weighted by Crippen LogP contribution is -2.31. The third-order valence-electron chi connectivity index (χ3n) is 3.07. The highest BCUT2D eigenvalue weighted by Crippen LogP contribution is 2.27. The van der Waals surface area contributed by atoms with Crippen molar-refractivity contribution in [1.29, 1.82) is 0 Å². The molecule has 0 aromatic heterocycles. The summed E-state index contributed by atoms with van der Waals surface area (Å²) in [5.41, 5.74) is 0.446. The molecule has 1 N–H and O–H groups in total. The van der Waals surface area contributed by atoms with Gasteiger partial charge in [-0.2, -0.15) is 0 Å². The second-order valence-corrected chi connectivity index (χ2v) is 5.67. The van der Waals surface area contributed by atoms with Crippen molar-refractivity contribution in [2.75, 3.05) is 6.61 Å². The Kier molecular flexibility index (Phi) is 5.80. The predicted octanol–water partition coefficient (Wildman–Crippen LogP) is 4.53. The van der Waals surface area contributed by atoms with Crippen LogP contribution in [0.4, 0.5) is 8.78 Å². The lowest BCUT2D eigenvalue weighted by molar-refractivity contribution is -0.123. The summed E-state index contributed by atoms with van der Waals surface area (Å²) in [5.74, 6) is -2.00. The van der Waals surface area contributed by atoms with Gasteiger partial charge in [0.2, 0.25) is 0 Å². The van der Waals surface area contributed by atoms with E-state index >= 15 is 0 Å². The highest BCUT2D eigenvalue weighted by atomic mass is 35.5. The SMILES string of the molecule is CC(NC(=O)COc1ccc(Cl)cc1Cl)c1ccc(F)c(F)c1. The first kappa shape index (κ1) is 17.5. The molecule has 0 fully saturated rings. The molecule has 0 heterocycles. The molecule has 23 heavy (non-hydrogen) atoms. The van der Waals surface area contributed by atoms with Crippen LogP contribution in [-0.2, 0) is 4.79 Å². The van der Waals surface area contributed by atoms with Crippen LogP contribution in [0.5, 0.6) is 5.75 Å². The summed E-state index contributed by atoms with van der Waals surface area (Å²) in [4.78, 5) is 11.9. The van der Waals surface area contributed by atoms with Gasteiger partial charge < -0.3 is 10.1 Å². The molecule has 1 unspecified atom stereocenters. The van der Waals surface area contributed by atoms with Crippen LogP contribution in [0.1, 0.15) is 18.5 Å². The summed E-state index contributed by atoms with van der Waals surface area (Å²) in [6.07, 6.45) is 0. The van der Waals surface area contributed by atoms with E-state index in [1.54, 1.807) is 19.1 Å². The maximum atomic E-state index is 13.2. The Bertz CT molecular complexity index is 725. The van der Waals surface area contributed by atoms with Crippen molar-refractivity contribution in [1.82, 2.24) is 5.32 Å². The van der Waals surface area contributed by atoms with Crippen LogP contribution in [0.25, 0.3) is 0 Å². The third-order valence-corrected chi connectivity index (χ3v) is 3.60. The minimum atomic E-state index is -0.965. The Labute approximate surface area is 142 Å². The van der Waals surface area contributed by atoms with Gasteiger partial charge in [-0.15, -0.1) is 0 Å². The van der Waals surface area contributed by atoms with E-state index in [0.29, 0.717) is 21.4 Å². The van der Waals surface area contributed by atoms with Crippen LogP contribution in [0, 0.1) is 11.6 Å². The number of rotatable bonds is 5. The third kappa shape index (κ3) is 4.81. The number of halogens is 4. The van der Waals surface area contributed by atoms with Crippen molar-refractivity contribution in [2.24, 2.45) is 0 Å². The lowest BCUT2D eigenvalue weighted by atomic mass is 10.1. The van der Waals surface area contributed by atoms with Crippen LogP contribution in [0.3, 0.4) is 0 Å². The van der Waals surface area contributed by atoms with Crippen molar-refractivity contribution in [2.45, 2.75) is 13.0 Å². The number of carbonyl (C=O) groups excluding carboxylic acids is 1. The highest BCUT2D eigenvalue weighted by molar-refractivity contribution is 6.35. The maximum Gasteiger partial charge on any atom is 0.258 e. The molecule has 0 saturated heterocycles. The van der Waals surface area contributed by atoms with Crippen molar-refractivity contribution in [3.05, 3.63) is 63.6 Å². The zero-order chi connectivity index (χ0) is 17.0. The van der Waals surface area contributed by atoms with Gasteiger partial charge in [-0.1, -0.05) is 29.3 Å². The van der Waals surface area contributed by atoms with Crippen molar-refractivity contribution >= 4 is 29.1 Å². The average Bonchev–Trinajstić information content (AvgIpc) is 2.49. The lowest BCUT2D eigenvalue weighted by Gasteiger charge is -2.15. The zero-order valence-corrected chi connectivity index (χ0v) is 13.6. The Balaban J connectivity index is 1.92. The van der Waals surface area contributed by atoms with Gasteiger partial charge in [0.1, 0.15) is 5.75 Å². The molecule has 1 amide bonds. The van der Waals surface area contributed by atoms with Crippen molar-refractivity contribution < 1.29 is 18.3 Å². The fourth-order valence-electron chi connectivity index (χ4n) is 1.88. The normalized spacial score (nSPS) is 11.9. The van der Waals surface area contributed by atoms with E-state index in [9.17, 15) is 13.6 Å². The molecule has 2 aromatic carbocycles. The Morgan fingerprint density at radius 3 is 2.57 bits per heavy atom. The van der Waals surface area contributed by atoms with Crippen LogP contribution >= 0.6 is 23.2 Å². The molecule has 7 heteroatoms. The van der Waals surface area contributed by atoms with Crippen LogP contribution < -0.4 is 10.1 Å². The van der Waals surface area contributed by atoms with E-state index in [2.05, 4.69) is 5.32 Å². The Morgan fingerprint density at radius 1 is 1.17 bits per heavy atom. The molecule has 0 aliphatic rings. The largest absolute Gasteiger partial charge is 0.482 e. The number of hydrogen-bond acceptors (Lipinski definition) is 2. The minimum Gasteiger partial charge on any atom is -0.482 e. The highest BCUT2D eigenvalue weighted by Gasteiger charge is 2.13. The van der Waals surface area contributed by atoms with Crippen LogP contribution in [0.2, 0.25) is 10.0 Å². The standard InChI is InChI=1S/C16H13Cl2F2NO2/c1-9(10-2-4-13(19)14(20)6-10)21-16(22)8-23-15-5-3-11(17)7-12(15)18/h2-7,9H,8H2,1H3,(H,21,22). The quantitative estimate of drug-likeness (QED) is 0.851. The average molecular weight is 360 g/mol. The number of hydrogen-bond donors (Lipinski definition) is 1. The summed E-state index contributed by atoms with van der Waals surface area (Å²) in [6.45, 7) is 1.38. The van der Waals surface area contributed by atoms with Gasteiger partial charge in [0.05, 0.1) is 11.1 Å². The number of nitrogens with one attached hydrogen (secondary N) is 1. The molecule has 0 aliphatic carbocycles. The molecule has 0 bridgehead atoms. The molecular weight excluding hydrogens is 347 g/mol. The minimum absolute atomic E-state index is 0.268. The summed E-state index contributed by atoms with van der Waals surface area (Å²) < 4.78 is 31.4. The molecule has 0 aliphatic heterocycles. The molecule has 0 spiro atoms. The van der Waals surface area contributed by atoms with E-state index in [1.807, 2.05) is 0 Å². The van der Waals surface area contributed by atoms with Gasteiger partial charge >= 0.3 is 0 Å². The molecule has 1 atom stereocenters. The second kappa shape index (κ2) is 7.62. The summed E-state index contributed by atoms with van der Waals surface area (Å²) in [5, 5.41) is 3.37. The van der Waals surface area contributed by atoms with Gasteiger partial charge in [-0.3, -0.25) is 4.79 Å². The molecule has 2 rings (SSSR count). The predicted molar refractivity (Wildman–Crippen MR) is 84.9 cm³/mol. The van der Waals surface area contributed by atoms with E-state index < -0.39 is 23.6 Å². The molecular formula is C16H13Cl2F2NO2. The molecule has 122 valence electrons. The number of amides is 1. The summed E-state index contributed by atoms with van der Waals surface area (Å²) in [6, 6.07) is 7.60. The van der Waals surface area contributed by atoms with Crippen molar-refractivity contribution in [3.63, 3.8) is 0 Å². The fourth-order valence-corrected chi connectivity index (χ4v) is 2.35. The van der Waals surface area contributed by atoms with Gasteiger partial charge in [-0.25, -0.2) is 8.78 Å². The van der Waals surface area contributed by atoms with Crippen LogP contribution in [0.15, 0.2) is 36.4 Å². The molecule has 0 radical (unpaired) electrons. The summed E-state index contributed by atoms with van der Waals surface area (Å²) in [7, 11) is 0. The number of carbonyl (C=O) groups is 1. The van der Waals surface area contributed by atoms with E-state index in [1.165, 1.54) is 12.1 Å². The molecule has 2 aromatic rings. The number of ether oxygens (including phenoxy) is 1.